The van der Waals surface area contributed by atoms with E-state index < -0.39 is 0 Å². The molecule has 0 aliphatic carbocycles. The van der Waals surface area contributed by atoms with Crippen LogP contribution in [-0.4, -0.2) is 16.0 Å². The van der Waals surface area contributed by atoms with Gasteiger partial charge >= 0.3 is 0 Å². The van der Waals surface area contributed by atoms with Crippen LogP contribution < -0.4 is 19.6 Å². The molecule has 0 N–H and O–H groups in total. The summed E-state index contributed by atoms with van der Waals surface area (Å²) in [5.41, 5.74) is 4.79. The second-order valence-electron chi connectivity index (χ2n) is 7.55. The Kier molecular flexibility index (Phi) is 5.37. The van der Waals surface area contributed by atoms with Gasteiger partial charge in [-0.2, -0.15) is 0 Å². The number of fused-ring (bicyclic) bond motifs is 3. The summed E-state index contributed by atoms with van der Waals surface area (Å²) in [7, 11) is 0. The number of hydrogen-bond donors (Lipinski definition) is 0. The molecule has 0 aliphatic heterocycles. The fourth-order valence-electron chi connectivity index (χ4n) is 3.61. The van der Waals surface area contributed by atoms with Crippen LogP contribution in [0, 0.1) is 6.92 Å². The maximum Gasteiger partial charge on any atom is 0.274 e. The lowest BCUT2D eigenvalue weighted by atomic mass is 10.1. The summed E-state index contributed by atoms with van der Waals surface area (Å²) in [6.07, 6.45) is 1.88. The fraction of sp³-hybridized carbons (Fsp3) is 0.154. The highest BCUT2D eigenvalue weighted by molar-refractivity contribution is 7.15. The van der Waals surface area contributed by atoms with E-state index in [1.54, 1.807) is 4.40 Å². The molecular formula is C26H22N2O3S. The molecule has 0 unspecified atom stereocenters. The predicted octanol–water partition coefficient (Wildman–Crippen LogP) is 4.74. The monoisotopic (exact) mass is 442 g/mol. The van der Waals surface area contributed by atoms with E-state index in [9.17, 15) is 4.79 Å². The largest absolute Gasteiger partial charge is 0.490 e. The summed E-state index contributed by atoms with van der Waals surface area (Å²) in [5.74, 6) is 1.34. The lowest BCUT2D eigenvalue weighted by Gasteiger charge is -2.13. The minimum Gasteiger partial charge on any atom is -0.490 e. The van der Waals surface area contributed by atoms with Crippen LogP contribution in [0.4, 0.5) is 0 Å². The first-order valence-corrected chi connectivity index (χ1v) is 11.3. The number of para-hydroxylation sites is 2. The van der Waals surface area contributed by atoms with Crippen molar-refractivity contribution < 1.29 is 9.47 Å². The zero-order valence-electron chi connectivity index (χ0n) is 17.9. The van der Waals surface area contributed by atoms with Gasteiger partial charge in [-0.3, -0.25) is 4.79 Å². The van der Waals surface area contributed by atoms with E-state index in [0.29, 0.717) is 34.2 Å². The van der Waals surface area contributed by atoms with Crippen LogP contribution >= 0.6 is 11.3 Å². The van der Waals surface area contributed by atoms with Gasteiger partial charge in [0.15, 0.2) is 16.5 Å². The normalized spacial score (nSPS) is 12.0. The summed E-state index contributed by atoms with van der Waals surface area (Å²) in [6.45, 7) is 4.99. The number of imidazole rings is 1. The average molecular weight is 443 g/mol. The van der Waals surface area contributed by atoms with Gasteiger partial charge in [0.05, 0.1) is 22.2 Å². The highest BCUT2D eigenvalue weighted by atomic mass is 32.1. The Labute approximate surface area is 189 Å². The first-order valence-electron chi connectivity index (χ1n) is 10.5. The van der Waals surface area contributed by atoms with Crippen molar-refractivity contribution in [2.75, 3.05) is 6.61 Å². The van der Waals surface area contributed by atoms with E-state index in [2.05, 4.69) is 36.2 Å². The van der Waals surface area contributed by atoms with E-state index in [1.807, 2.05) is 55.5 Å². The molecule has 0 aliphatic rings. The van der Waals surface area contributed by atoms with Crippen molar-refractivity contribution >= 4 is 33.4 Å². The van der Waals surface area contributed by atoms with Crippen LogP contribution in [0.5, 0.6) is 11.5 Å². The van der Waals surface area contributed by atoms with Gasteiger partial charge in [-0.25, -0.2) is 9.38 Å². The van der Waals surface area contributed by atoms with Gasteiger partial charge < -0.3 is 9.47 Å². The number of thiazole rings is 1. The van der Waals surface area contributed by atoms with Crippen molar-refractivity contribution in [3.05, 3.63) is 98.3 Å². The van der Waals surface area contributed by atoms with Gasteiger partial charge in [0.2, 0.25) is 0 Å². The molecule has 6 heteroatoms. The molecule has 0 saturated carbocycles. The van der Waals surface area contributed by atoms with Crippen LogP contribution in [0.25, 0.3) is 22.1 Å². The van der Waals surface area contributed by atoms with Crippen LogP contribution in [-0.2, 0) is 6.61 Å². The quantitative estimate of drug-likeness (QED) is 0.381. The number of rotatable bonds is 6. The minimum atomic E-state index is -0.0589. The molecule has 0 spiro atoms. The molecule has 5 rings (SSSR count). The smallest absolute Gasteiger partial charge is 0.274 e. The average Bonchev–Trinajstić information content (AvgIpc) is 3.31. The summed E-state index contributed by atoms with van der Waals surface area (Å²) in [4.78, 5) is 18.3. The molecule has 2 heterocycles. The molecule has 0 fully saturated rings. The van der Waals surface area contributed by atoms with Crippen LogP contribution in [0.3, 0.4) is 0 Å². The third-order valence-electron chi connectivity index (χ3n) is 5.23. The molecule has 2 aromatic heterocycles. The summed E-state index contributed by atoms with van der Waals surface area (Å²) in [6, 6.07) is 21.7. The molecule has 5 aromatic rings. The topological polar surface area (TPSA) is 52.8 Å². The van der Waals surface area contributed by atoms with Crippen molar-refractivity contribution in [1.82, 2.24) is 9.38 Å². The number of nitrogens with zero attached hydrogens (tertiary/aromatic N) is 2. The fourth-order valence-corrected chi connectivity index (χ4v) is 4.60. The second-order valence-corrected chi connectivity index (χ2v) is 8.56. The third kappa shape index (κ3) is 3.85. The highest BCUT2D eigenvalue weighted by Gasteiger charge is 2.11. The second kappa shape index (κ2) is 8.48. The van der Waals surface area contributed by atoms with Crippen LogP contribution in [0.1, 0.15) is 23.6 Å². The van der Waals surface area contributed by atoms with E-state index in [1.165, 1.54) is 16.9 Å². The van der Waals surface area contributed by atoms with E-state index in [-0.39, 0.29) is 5.56 Å². The number of ether oxygens (including phenoxy) is 2. The number of benzene rings is 3. The van der Waals surface area contributed by atoms with Crippen LogP contribution in [0.15, 0.2) is 71.5 Å². The molecule has 160 valence electrons. The molecule has 0 amide bonds. The molecule has 0 atom stereocenters. The first-order chi connectivity index (χ1) is 15.6. The summed E-state index contributed by atoms with van der Waals surface area (Å²) >= 11 is 1.39. The van der Waals surface area contributed by atoms with Gasteiger partial charge in [0, 0.05) is 0 Å². The maximum absolute atomic E-state index is 13.0. The Morgan fingerprint density at radius 1 is 1.00 bits per heavy atom. The maximum atomic E-state index is 13.0. The molecule has 0 bridgehead atoms. The minimum absolute atomic E-state index is 0.0589. The molecule has 0 saturated heterocycles. The Morgan fingerprint density at radius 2 is 1.81 bits per heavy atom. The van der Waals surface area contributed by atoms with Gasteiger partial charge in [-0.15, -0.1) is 0 Å². The molecular weight excluding hydrogens is 420 g/mol. The lowest BCUT2D eigenvalue weighted by Crippen LogP contribution is -2.22. The van der Waals surface area contributed by atoms with Gasteiger partial charge in [-0.05, 0) is 55.3 Å². The Balaban J connectivity index is 1.48. The molecule has 32 heavy (non-hydrogen) atoms. The highest BCUT2D eigenvalue weighted by Crippen LogP contribution is 2.29. The molecule has 0 radical (unpaired) electrons. The predicted molar refractivity (Wildman–Crippen MR) is 129 cm³/mol. The number of aryl methyl sites for hydroxylation is 1. The van der Waals surface area contributed by atoms with Crippen molar-refractivity contribution in [2.45, 2.75) is 20.5 Å². The zero-order chi connectivity index (χ0) is 22.1. The molecule has 3 aromatic carbocycles. The van der Waals surface area contributed by atoms with E-state index in [4.69, 9.17) is 9.47 Å². The Hall–Kier alpha value is -3.64. The van der Waals surface area contributed by atoms with Crippen LogP contribution in [0.2, 0.25) is 0 Å². The Bertz CT molecular complexity index is 1520. The van der Waals surface area contributed by atoms with Crippen molar-refractivity contribution in [3.8, 4) is 11.5 Å². The van der Waals surface area contributed by atoms with Gasteiger partial charge in [0.25, 0.3) is 5.56 Å². The zero-order valence-corrected chi connectivity index (χ0v) is 18.7. The van der Waals surface area contributed by atoms with Gasteiger partial charge in [-0.1, -0.05) is 59.4 Å². The number of hydrogen-bond acceptors (Lipinski definition) is 5. The van der Waals surface area contributed by atoms with Crippen molar-refractivity contribution in [1.29, 1.82) is 0 Å². The first kappa shape index (κ1) is 20.3. The SMILES string of the molecule is CCOc1cc(/C=c2\sc3nc4ccccc4n3c2=O)ccc1OCc1ccc(C)cc1. The Morgan fingerprint density at radius 3 is 2.62 bits per heavy atom. The molecule has 5 nitrogen and oxygen atoms in total. The van der Waals surface area contributed by atoms with Gasteiger partial charge in [0.1, 0.15) is 6.61 Å². The number of aromatic nitrogens is 2. The lowest BCUT2D eigenvalue weighted by molar-refractivity contribution is 0.269. The van der Waals surface area contributed by atoms with Crippen molar-refractivity contribution in [3.63, 3.8) is 0 Å². The summed E-state index contributed by atoms with van der Waals surface area (Å²) < 4.78 is 14.1. The van der Waals surface area contributed by atoms with Crippen molar-refractivity contribution in [2.24, 2.45) is 0 Å². The van der Waals surface area contributed by atoms with E-state index >= 15 is 0 Å². The van der Waals surface area contributed by atoms with E-state index in [0.717, 1.165) is 22.2 Å². The standard InChI is InChI=1S/C26H22N2O3S/c1-3-30-23-14-19(12-13-22(23)31-16-18-10-8-17(2)9-11-18)15-24-25(29)28-21-7-5-4-6-20(21)27-26(28)32-24/h4-15H,3,16H2,1-2H3/b24-15-. The third-order valence-corrected chi connectivity index (χ3v) is 6.19. The summed E-state index contributed by atoms with van der Waals surface area (Å²) in [5, 5.41) is 0.